The Hall–Kier alpha value is -2.01. The fraction of sp³-hybridized carbons (Fsp3) is 0.167. The number of hydrogen-bond acceptors (Lipinski definition) is 3. The Morgan fingerprint density at radius 2 is 1.94 bits per heavy atom. The highest BCUT2D eigenvalue weighted by Crippen LogP contribution is 2.24. The molecule has 0 aliphatic heterocycles. The Balaban J connectivity index is 2.88. The van der Waals surface area contributed by atoms with Crippen LogP contribution < -0.4 is 11.2 Å². The first-order chi connectivity index (χ1) is 8.41. The summed E-state index contributed by atoms with van der Waals surface area (Å²) in [7, 11) is 0. The van der Waals surface area contributed by atoms with Crippen LogP contribution in [0.4, 0.5) is 0 Å². The third kappa shape index (κ3) is 1.93. The van der Waals surface area contributed by atoms with Crippen molar-refractivity contribution in [3.05, 3.63) is 55.2 Å². The van der Waals surface area contributed by atoms with Crippen LogP contribution in [0.2, 0.25) is 5.02 Å². The number of aryl methyl sites for hydroxylation is 1. The monoisotopic (exact) mass is 266 g/mol. The quantitative estimate of drug-likeness (QED) is 0.821. The summed E-state index contributed by atoms with van der Waals surface area (Å²) in [6.45, 7) is 3.26. The smallest absolute Gasteiger partial charge is 0.335 e. The molecular weight excluding hydrogens is 256 g/mol. The van der Waals surface area contributed by atoms with Crippen molar-refractivity contribution in [2.45, 2.75) is 13.8 Å². The summed E-state index contributed by atoms with van der Waals surface area (Å²) in [6.07, 6.45) is 0. The minimum Gasteiger partial charge on any atom is -0.494 e. The van der Waals surface area contributed by atoms with E-state index in [4.69, 9.17) is 11.6 Å². The number of nitrogens with one attached hydrogen (secondary N) is 1. The molecule has 0 aliphatic carbocycles. The van der Waals surface area contributed by atoms with Gasteiger partial charge in [-0.1, -0.05) is 17.7 Å². The molecule has 6 heteroatoms. The molecule has 0 aliphatic rings. The zero-order valence-electron chi connectivity index (χ0n) is 9.82. The van der Waals surface area contributed by atoms with Gasteiger partial charge in [0.1, 0.15) is 0 Å². The first-order valence-electron chi connectivity index (χ1n) is 5.23. The second-order valence-electron chi connectivity index (χ2n) is 4.00. The van der Waals surface area contributed by atoms with Gasteiger partial charge in [-0.05, 0) is 31.5 Å². The third-order valence-corrected chi connectivity index (χ3v) is 2.97. The van der Waals surface area contributed by atoms with E-state index in [2.05, 4.69) is 4.98 Å². The van der Waals surface area contributed by atoms with Gasteiger partial charge in [0.2, 0.25) is 5.88 Å². The Morgan fingerprint density at radius 1 is 1.28 bits per heavy atom. The summed E-state index contributed by atoms with van der Waals surface area (Å²) in [5, 5.41) is 10.2. The summed E-state index contributed by atoms with van der Waals surface area (Å²) in [5.41, 5.74) is -0.0663. The van der Waals surface area contributed by atoms with Crippen molar-refractivity contribution in [2.75, 3.05) is 0 Å². The fourth-order valence-electron chi connectivity index (χ4n) is 1.63. The number of rotatable bonds is 1. The number of aromatic nitrogens is 2. The maximum atomic E-state index is 11.8. The summed E-state index contributed by atoms with van der Waals surface area (Å²) in [6, 6.07) is 5.06. The van der Waals surface area contributed by atoms with E-state index in [1.165, 1.54) is 6.92 Å². The van der Waals surface area contributed by atoms with Crippen LogP contribution >= 0.6 is 11.6 Å². The van der Waals surface area contributed by atoms with E-state index in [9.17, 15) is 14.7 Å². The normalized spacial score (nSPS) is 10.6. The molecule has 1 aromatic carbocycles. The van der Waals surface area contributed by atoms with Crippen molar-refractivity contribution in [3.63, 3.8) is 0 Å². The number of H-pyrrole nitrogens is 1. The predicted molar refractivity (Wildman–Crippen MR) is 68.8 cm³/mol. The van der Waals surface area contributed by atoms with Crippen LogP contribution in [0.15, 0.2) is 27.8 Å². The van der Waals surface area contributed by atoms with Crippen molar-refractivity contribution in [3.8, 4) is 11.6 Å². The number of nitrogens with zero attached hydrogens (tertiary/aromatic N) is 1. The van der Waals surface area contributed by atoms with Gasteiger partial charge in [0.05, 0.1) is 16.3 Å². The molecule has 18 heavy (non-hydrogen) atoms. The van der Waals surface area contributed by atoms with Gasteiger partial charge in [0.25, 0.3) is 5.56 Å². The second-order valence-corrected chi connectivity index (χ2v) is 4.41. The van der Waals surface area contributed by atoms with Gasteiger partial charge in [-0.3, -0.25) is 9.78 Å². The van der Waals surface area contributed by atoms with Crippen LogP contribution in [0.25, 0.3) is 5.69 Å². The van der Waals surface area contributed by atoms with Crippen molar-refractivity contribution in [1.82, 2.24) is 9.55 Å². The van der Waals surface area contributed by atoms with Gasteiger partial charge in [0.15, 0.2) is 0 Å². The first-order valence-corrected chi connectivity index (χ1v) is 5.61. The van der Waals surface area contributed by atoms with E-state index in [0.717, 1.165) is 10.1 Å². The van der Waals surface area contributed by atoms with Crippen LogP contribution in [0.5, 0.6) is 5.88 Å². The predicted octanol–water partition coefficient (Wildman–Crippen LogP) is 1.50. The highest BCUT2D eigenvalue weighted by molar-refractivity contribution is 6.32. The van der Waals surface area contributed by atoms with Crippen LogP contribution in [-0.4, -0.2) is 14.7 Å². The molecule has 0 fully saturated rings. The summed E-state index contributed by atoms with van der Waals surface area (Å²) in [5.74, 6) is -0.406. The molecule has 94 valence electrons. The van der Waals surface area contributed by atoms with Crippen molar-refractivity contribution in [1.29, 1.82) is 0 Å². The molecule has 5 nitrogen and oxygen atoms in total. The molecule has 0 atom stereocenters. The molecule has 0 saturated heterocycles. The average Bonchev–Trinajstić information content (AvgIpc) is 2.31. The minimum absolute atomic E-state index is 0.0622. The molecule has 2 rings (SSSR count). The zero-order valence-corrected chi connectivity index (χ0v) is 10.6. The van der Waals surface area contributed by atoms with Crippen molar-refractivity contribution < 1.29 is 5.11 Å². The average molecular weight is 267 g/mol. The van der Waals surface area contributed by atoms with Gasteiger partial charge in [-0.15, -0.1) is 0 Å². The molecule has 1 heterocycles. The first kappa shape index (κ1) is 12.4. The molecule has 1 aromatic heterocycles. The number of aromatic amines is 1. The van der Waals surface area contributed by atoms with Crippen molar-refractivity contribution in [2.24, 2.45) is 0 Å². The molecule has 2 N–H and O–H groups in total. The number of halogens is 1. The highest BCUT2D eigenvalue weighted by Gasteiger charge is 2.14. The molecule has 0 bridgehead atoms. The Kier molecular flexibility index (Phi) is 3.00. The molecule has 0 unspecified atom stereocenters. The van der Waals surface area contributed by atoms with E-state index >= 15 is 0 Å². The van der Waals surface area contributed by atoms with Gasteiger partial charge < -0.3 is 5.11 Å². The lowest BCUT2D eigenvalue weighted by molar-refractivity contribution is 0.426. The molecule has 2 aromatic rings. The molecule has 0 saturated carbocycles. The molecule has 0 spiro atoms. The standard InChI is InChI=1S/C12H11ClN2O3/c1-6-3-4-8(13)9(5-6)15-11(17)7(2)10(16)14-12(15)18/h3-5,17H,1-2H3,(H,14,16,18). The maximum absolute atomic E-state index is 11.8. The number of aromatic hydroxyl groups is 1. The lowest BCUT2D eigenvalue weighted by Crippen LogP contribution is -2.30. The number of benzene rings is 1. The zero-order chi connectivity index (χ0) is 13.4. The van der Waals surface area contributed by atoms with Crippen LogP contribution in [0.1, 0.15) is 11.1 Å². The second kappa shape index (κ2) is 4.34. The summed E-state index contributed by atoms with van der Waals surface area (Å²) >= 11 is 6.00. The van der Waals surface area contributed by atoms with Crippen LogP contribution in [0, 0.1) is 13.8 Å². The lowest BCUT2D eigenvalue weighted by Gasteiger charge is -2.11. The third-order valence-electron chi connectivity index (χ3n) is 2.65. The van der Waals surface area contributed by atoms with E-state index < -0.39 is 17.1 Å². The van der Waals surface area contributed by atoms with E-state index in [-0.39, 0.29) is 5.56 Å². The Bertz CT molecular complexity index is 731. The van der Waals surface area contributed by atoms with E-state index in [1.54, 1.807) is 18.2 Å². The largest absolute Gasteiger partial charge is 0.494 e. The Morgan fingerprint density at radius 3 is 2.61 bits per heavy atom. The highest BCUT2D eigenvalue weighted by atomic mass is 35.5. The molecular formula is C12H11ClN2O3. The maximum Gasteiger partial charge on any atom is 0.335 e. The number of hydrogen-bond donors (Lipinski definition) is 2. The topological polar surface area (TPSA) is 75.1 Å². The summed E-state index contributed by atoms with van der Waals surface area (Å²) < 4.78 is 0.978. The van der Waals surface area contributed by atoms with Gasteiger partial charge in [-0.25, -0.2) is 9.36 Å². The van der Waals surface area contributed by atoms with E-state index in [1.807, 2.05) is 6.92 Å². The SMILES string of the molecule is Cc1ccc(Cl)c(-n2c(O)c(C)c(=O)[nH]c2=O)c1. The van der Waals surface area contributed by atoms with Crippen LogP contribution in [-0.2, 0) is 0 Å². The van der Waals surface area contributed by atoms with Crippen molar-refractivity contribution >= 4 is 11.6 Å². The van der Waals surface area contributed by atoms with Gasteiger partial charge >= 0.3 is 5.69 Å². The van der Waals surface area contributed by atoms with Gasteiger partial charge in [0, 0.05) is 0 Å². The van der Waals surface area contributed by atoms with E-state index in [0.29, 0.717) is 10.7 Å². The fourth-order valence-corrected chi connectivity index (χ4v) is 1.83. The summed E-state index contributed by atoms with van der Waals surface area (Å²) in [4.78, 5) is 25.2. The van der Waals surface area contributed by atoms with Gasteiger partial charge in [-0.2, -0.15) is 0 Å². The minimum atomic E-state index is -0.726. The lowest BCUT2D eigenvalue weighted by atomic mass is 10.2. The molecule has 0 amide bonds. The molecule has 0 radical (unpaired) electrons. The Labute approximate surface area is 107 Å². The van der Waals surface area contributed by atoms with Crippen LogP contribution in [0.3, 0.4) is 0 Å².